The summed E-state index contributed by atoms with van der Waals surface area (Å²) in [7, 11) is 0. The lowest BCUT2D eigenvalue weighted by Gasteiger charge is -2.26. The van der Waals surface area contributed by atoms with Crippen molar-refractivity contribution in [3.05, 3.63) is 71.3 Å². The van der Waals surface area contributed by atoms with Gasteiger partial charge in [-0.1, -0.05) is 12.1 Å². The first-order valence-electron chi connectivity index (χ1n) is 11.1. The Balaban J connectivity index is 0.000000189. The van der Waals surface area contributed by atoms with Crippen molar-refractivity contribution in [1.29, 1.82) is 15.8 Å². The molecule has 1 N–H and O–H groups in total. The van der Waals surface area contributed by atoms with Gasteiger partial charge in [-0.2, -0.15) is 15.8 Å². The summed E-state index contributed by atoms with van der Waals surface area (Å²) in [6, 6.07) is 18.0. The Hall–Kier alpha value is -3.83. The summed E-state index contributed by atoms with van der Waals surface area (Å²) < 4.78 is 0. The molecular formula is C26H27N7. The number of pyridine rings is 2. The van der Waals surface area contributed by atoms with E-state index in [4.69, 9.17) is 10.5 Å². The molecule has 2 aromatic rings. The Morgan fingerprint density at radius 1 is 0.788 bits per heavy atom. The van der Waals surface area contributed by atoms with E-state index in [1.165, 1.54) is 5.57 Å². The molecule has 33 heavy (non-hydrogen) atoms. The lowest BCUT2D eigenvalue weighted by molar-refractivity contribution is 0.286. The summed E-state index contributed by atoms with van der Waals surface area (Å²) in [6.07, 6.45) is 7.05. The van der Waals surface area contributed by atoms with Gasteiger partial charge >= 0.3 is 0 Å². The molecule has 0 atom stereocenters. The SMILES string of the molecule is N#CC(=C1CCNCC1)c1ccccn1.N#CCN1CCC(=C(C#N)c2ccccn2)CC1. The third-order valence-corrected chi connectivity index (χ3v) is 5.73. The van der Waals surface area contributed by atoms with E-state index in [1.807, 2.05) is 36.4 Å². The van der Waals surface area contributed by atoms with Crippen LogP contribution in [0.15, 0.2) is 59.9 Å². The molecule has 0 saturated carbocycles. The van der Waals surface area contributed by atoms with Gasteiger partial charge in [0.05, 0.1) is 35.1 Å². The first-order chi connectivity index (χ1) is 16.3. The Morgan fingerprint density at radius 3 is 1.73 bits per heavy atom. The number of nitriles is 3. The van der Waals surface area contributed by atoms with Gasteiger partial charge in [-0.3, -0.25) is 14.9 Å². The van der Waals surface area contributed by atoms with E-state index >= 15 is 0 Å². The minimum atomic E-state index is 0.471. The van der Waals surface area contributed by atoms with Crippen molar-refractivity contribution in [3.8, 4) is 18.2 Å². The summed E-state index contributed by atoms with van der Waals surface area (Å²) in [4.78, 5) is 10.6. The smallest absolute Gasteiger partial charge is 0.101 e. The summed E-state index contributed by atoms with van der Waals surface area (Å²) in [5.74, 6) is 0. The minimum absolute atomic E-state index is 0.471. The van der Waals surface area contributed by atoms with E-state index in [2.05, 4.69) is 38.4 Å². The molecule has 0 aliphatic carbocycles. The third kappa shape index (κ3) is 6.82. The fourth-order valence-electron chi connectivity index (χ4n) is 3.97. The number of hydrogen-bond donors (Lipinski definition) is 1. The predicted molar refractivity (Wildman–Crippen MR) is 127 cm³/mol. The van der Waals surface area contributed by atoms with Gasteiger partial charge in [-0.15, -0.1) is 0 Å². The molecule has 2 aliphatic heterocycles. The average Bonchev–Trinajstić information content (AvgIpc) is 2.89. The maximum atomic E-state index is 9.29. The number of aromatic nitrogens is 2. The topological polar surface area (TPSA) is 112 Å². The molecule has 7 nitrogen and oxygen atoms in total. The van der Waals surface area contributed by atoms with Crippen molar-refractivity contribution in [2.75, 3.05) is 32.7 Å². The van der Waals surface area contributed by atoms with E-state index in [-0.39, 0.29) is 0 Å². The molecule has 4 heterocycles. The molecule has 0 spiro atoms. The monoisotopic (exact) mass is 437 g/mol. The highest BCUT2D eigenvalue weighted by Gasteiger charge is 2.18. The van der Waals surface area contributed by atoms with Crippen molar-refractivity contribution >= 4 is 11.1 Å². The largest absolute Gasteiger partial charge is 0.316 e. The van der Waals surface area contributed by atoms with Gasteiger partial charge < -0.3 is 5.32 Å². The zero-order valence-electron chi connectivity index (χ0n) is 18.7. The number of piperidine rings is 2. The first-order valence-corrected chi connectivity index (χ1v) is 11.1. The van der Waals surface area contributed by atoms with Crippen molar-refractivity contribution in [3.63, 3.8) is 0 Å². The second-order valence-corrected chi connectivity index (χ2v) is 7.79. The van der Waals surface area contributed by atoms with E-state index < -0.39 is 0 Å². The maximum absolute atomic E-state index is 9.29. The fraction of sp³-hybridized carbons (Fsp3) is 0.346. The lowest BCUT2D eigenvalue weighted by atomic mass is 9.96. The molecule has 0 aromatic carbocycles. The average molecular weight is 438 g/mol. The molecule has 166 valence electrons. The summed E-state index contributed by atoms with van der Waals surface area (Å²) in [6.45, 7) is 4.10. The van der Waals surface area contributed by atoms with Gasteiger partial charge in [0.2, 0.25) is 0 Å². The Kier molecular flexibility index (Phi) is 9.30. The van der Waals surface area contributed by atoms with Crippen LogP contribution in [0.25, 0.3) is 11.1 Å². The molecule has 2 aromatic heterocycles. The van der Waals surface area contributed by atoms with Gasteiger partial charge in [-0.05, 0) is 74.2 Å². The third-order valence-electron chi connectivity index (χ3n) is 5.73. The maximum Gasteiger partial charge on any atom is 0.101 e. The van der Waals surface area contributed by atoms with Crippen LogP contribution in [0.4, 0.5) is 0 Å². The first kappa shape index (κ1) is 23.8. The Labute approximate surface area is 195 Å². The molecule has 2 saturated heterocycles. The van der Waals surface area contributed by atoms with Crippen LogP contribution < -0.4 is 5.32 Å². The van der Waals surface area contributed by atoms with Gasteiger partial charge in [0.1, 0.15) is 12.1 Å². The van der Waals surface area contributed by atoms with Crippen molar-refractivity contribution in [2.45, 2.75) is 25.7 Å². The van der Waals surface area contributed by atoms with Crippen molar-refractivity contribution < 1.29 is 0 Å². The highest BCUT2D eigenvalue weighted by atomic mass is 15.1. The normalized spacial score (nSPS) is 15.8. The van der Waals surface area contributed by atoms with Crippen molar-refractivity contribution in [2.24, 2.45) is 0 Å². The highest BCUT2D eigenvalue weighted by Crippen LogP contribution is 2.25. The summed E-state index contributed by atoms with van der Waals surface area (Å²) in [5, 5.41) is 30.4. The molecule has 2 fully saturated rings. The van der Waals surface area contributed by atoms with Gasteiger partial charge in [0.25, 0.3) is 0 Å². The van der Waals surface area contributed by atoms with E-state index in [0.29, 0.717) is 12.1 Å². The van der Waals surface area contributed by atoms with Gasteiger partial charge in [0.15, 0.2) is 0 Å². The molecule has 0 unspecified atom stereocenters. The number of allylic oxidation sites excluding steroid dienone is 2. The molecule has 4 rings (SSSR count). The van der Waals surface area contributed by atoms with Gasteiger partial charge in [-0.25, -0.2) is 0 Å². The Morgan fingerprint density at radius 2 is 1.30 bits per heavy atom. The van der Waals surface area contributed by atoms with E-state index in [9.17, 15) is 5.26 Å². The van der Waals surface area contributed by atoms with E-state index in [0.717, 1.165) is 74.4 Å². The molecule has 0 bridgehead atoms. The number of nitrogens with zero attached hydrogens (tertiary/aromatic N) is 6. The molecular weight excluding hydrogens is 410 g/mol. The van der Waals surface area contributed by atoms with Crippen molar-refractivity contribution in [1.82, 2.24) is 20.2 Å². The number of hydrogen-bond acceptors (Lipinski definition) is 7. The minimum Gasteiger partial charge on any atom is -0.316 e. The quantitative estimate of drug-likeness (QED) is 0.575. The van der Waals surface area contributed by atoms with Crippen LogP contribution in [0.5, 0.6) is 0 Å². The van der Waals surface area contributed by atoms with Crippen LogP contribution in [-0.4, -0.2) is 47.6 Å². The zero-order valence-corrected chi connectivity index (χ0v) is 18.7. The number of nitrogens with one attached hydrogen (secondary N) is 1. The zero-order chi connectivity index (χ0) is 23.3. The van der Waals surface area contributed by atoms with Crippen LogP contribution in [0, 0.1) is 34.0 Å². The fourth-order valence-corrected chi connectivity index (χ4v) is 3.97. The second kappa shape index (κ2) is 12.9. The van der Waals surface area contributed by atoms with E-state index in [1.54, 1.807) is 12.4 Å². The van der Waals surface area contributed by atoms with Crippen LogP contribution >= 0.6 is 0 Å². The lowest BCUT2D eigenvalue weighted by Crippen LogP contribution is -2.31. The Bertz CT molecular complexity index is 1080. The second-order valence-electron chi connectivity index (χ2n) is 7.79. The van der Waals surface area contributed by atoms with Crippen LogP contribution in [0.2, 0.25) is 0 Å². The molecule has 0 radical (unpaired) electrons. The molecule has 2 aliphatic rings. The number of likely N-dealkylation sites (tertiary alicyclic amines) is 1. The molecule has 7 heteroatoms. The predicted octanol–water partition coefficient (Wildman–Crippen LogP) is 3.72. The molecule has 0 amide bonds. The van der Waals surface area contributed by atoms with Crippen LogP contribution in [-0.2, 0) is 0 Å². The van der Waals surface area contributed by atoms with Gasteiger partial charge in [0, 0.05) is 25.5 Å². The summed E-state index contributed by atoms with van der Waals surface area (Å²) in [5.41, 5.74) is 5.41. The number of rotatable bonds is 3. The summed E-state index contributed by atoms with van der Waals surface area (Å²) >= 11 is 0. The van der Waals surface area contributed by atoms with Crippen LogP contribution in [0.1, 0.15) is 37.1 Å². The highest BCUT2D eigenvalue weighted by molar-refractivity contribution is 5.78. The van der Waals surface area contributed by atoms with Crippen LogP contribution in [0.3, 0.4) is 0 Å². The standard InChI is InChI=1S/C14H14N4.C12H13N3/c15-6-10-18-8-4-12(5-9-18)13(11-16)14-3-1-2-7-17-14;13-9-11(10-4-7-14-8-5-10)12-3-1-2-6-15-12/h1-3,7H,4-5,8-10H2;1-3,6,14H,4-5,7-8H2.